The summed E-state index contributed by atoms with van der Waals surface area (Å²) in [6.45, 7) is 2.82. The highest BCUT2D eigenvalue weighted by Crippen LogP contribution is 2.43. The predicted molar refractivity (Wildman–Crippen MR) is 90.3 cm³/mol. The van der Waals surface area contributed by atoms with E-state index in [9.17, 15) is 10.2 Å². The molecule has 5 N–H and O–H groups in total. The maximum atomic E-state index is 15.6. The van der Waals surface area contributed by atoms with Gasteiger partial charge in [0.25, 0.3) is 5.95 Å². The molecule has 1 fully saturated rings. The van der Waals surface area contributed by atoms with E-state index in [1.165, 1.54) is 24.7 Å². The molecule has 0 aliphatic carbocycles. The number of alkyl halides is 1. The molecule has 0 saturated carbocycles. The number of aliphatic hydroxyl groups excluding tert-OH is 2. The average Bonchev–Trinajstić information content (AvgIpc) is 3.09. The summed E-state index contributed by atoms with van der Waals surface area (Å²) in [6, 6.07) is 0. The van der Waals surface area contributed by atoms with Crippen molar-refractivity contribution in [3.63, 3.8) is 0 Å². The van der Waals surface area contributed by atoms with Crippen LogP contribution in [0.1, 0.15) is 20.1 Å². The van der Waals surface area contributed by atoms with Crippen LogP contribution in [0.4, 0.5) is 10.3 Å². The lowest BCUT2D eigenvalue weighted by Gasteiger charge is -2.24. The SMILES string of the molecule is CC#C[C@@]1(F)[C@@H](O)[C@@H]([C@@H](C)O)O[C@H]1n1cnc2c(=S)nc(N=NN)[nH]c21. The van der Waals surface area contributed by atoms with E-state index >= 15 is 4.39 Å². The number of aromatic nitrogens is 4. The van der Waals surface area contributed by atoms with Crippen LogP contribution in [-0.4, -0.2) is 53.7 Å². The van der Waals surface area contributed by atoms with E-state index in [1.807, 2.05) is 0 Å². The number of rotatable bonds is 3. The Balaban J connectivity index is 2.20. The van der Waals surface area contributed by atoms with Crippen LogP contribution < -0.4 is 5.84 Å². The second-order valence-electron chi connectivity index (χ2n) is 5.71. The predicted octanol–water partition coefficient (Wildman–Crippen LogP) is 0.817. The lowest BCUT2D eigenvalue weighted by atomic mass is 9.94. The third-order valence-electron chi connectivity index (χ3n) is 4.02. The van der Waals surface area contributed by atoms with E-state index in [-0.39, 0.29) is 21.8 Å². The van der Waals surface area contributed by atoms with Gasteiger partial charge in [-0.2, -0.15) is 4.98 Å². The first-order valence-electron chi connectivity index (χ1n) is 7.55. The number of nitrogens with two attached hydrogens (primary N) is 1. The van der Waals surface area contributed by atoms with Gasteiger partial charge in [-0.15, -0.1) is 5.92 Å². The van der Waals surface area contributed by atoms with Gasteiger partial charge in [0.2, 0.25) is 5.67 Å². The van der Waals surface area contributed by atoms with Crippen molar-refractivity contribution >= 4 is 29.3 Å². The van der Waals surface area contributed by atoms with Gasteiger partial charge < -0.3 is 25.8 Å². The minimum absolute atomic E-state index is 0.0107. The fourth-order valence-electron chi connectivity index (χ4n) is 2.88. The summed E-state index contributed by atoms with van der Waals surface area (Å²) in [5.74, 6) is 9.80. The molecule has 0 unspecified atom stereocenters. The molecule has 3 heterocycles. The van der Waals surface area contributed by atoms with E-state index < -0.39 is 30.2 Å². The Morgan fingerprint density at radius 2 is 2.35 bits per heavy atom. The van der Waals surface area contributed by atoms with Crippen LogP contribution in [0.2, 0.25) is 0 Å². The summed E-state index contributed by atoms with van der Waals surface area (Å²) in [4.78, 5) is 10.8. The van der Waals surface area contributed by atoms with Crippen molar-refractivity contribution < 1.29 is 19.3 Å². The molecule has 0 bridgehead atoms. The highest BCUT2D eigenvalue weighted by atomic mass is 32.1. The molecule has 0 radical (unpaired) electrons. The Kier molecular flexibility index (Phi) is 4.72. The molecule has 1 aliphatic rings. The first-order chi connectivity index (χ1) is 12.3. The van der Waals surface area contributed by atoms with Crippen molar-refractivity contribution in [1.82, 2.24) is 19.5 Å². The number of aromatic amines is 1. The summed E-state index contributed by atoms with van der Waals surface area (Å²) in [7, 11) is 0. The molecule has 26 heavy (non-hydrogen) atoms. The second kappa shape index (κ2) is 6.69. The molecule has 0 amide bonds. The van der Waals surface area contributed by atoms with E-state index in [4.69, 9.17) is 22.8 Å². The summed E-state index contributed by atoms with van der Waals surface area (Å²) >= 11 is 5.14. The van der Waals surface area contributed by atoms with Crippen LogP contribution in [0.25, 0.3) is 11.2 Å². The number of nitrogens with zero attached hydrogens (tertiary/aromatic N) is 5. The normalized spacial score (nSPS) is 29.8. The minimum Gasteiger partial charge on any atom is -0.391 e. The molecular formula is C14H16FN7O3S. The van der Waals surface area contributed by atoms with Crippen molar-refractivity contribution in [1.29, 1.82) is 0 Å². The highest BCUT2D eigenvalue weighted by molar-refractivity contribution is 7.71. The first-order valence-corrected chi connectivity index (χ1v) is 7.96. The van der Waals surface area contributed by atoms with E-state index in [1.54, 1.807) is 0 Å². The maximum absolute atomic E-state index is 15.6. The molecule has 5 atom stereocenters. The van der Waals surface area contributed by atoms with Gasteiger partial charge in [0.05, 0.1) is 12.4 Å². The average molecular weight is 381 g/mol. The molecule has 12 heteroatoms. The van der Waals surface area contributed by atoms with Gasteiger partial charge in [0, 0.05) is 0 Å². The van der Waals surface area contributed by atoms with Gasteiger partial charge in [0.15, 0.2) is 10.9 Å². The van der Waals surface area contributed by atoms with Gasteiger partial charge in [-0.25, -0.2) is 9.37 Å². The molecular weight excluding hydrogens is 365 g/mol. The molecule has 0 spiro atoms. The number of nitrogens with one attached hydrogen (secondary N) is 1. The molecule has 1 aliphatic heterocycles. The first kappa shape index (κ1) is 18.3. The number of ether oxygens (including phenoxy) is 1. The number of fused-ring (bicyclic) bond motifs is 1. The van der Waals surface area contributed by atoms with Crippen molar-refractivity contribution in [3.8, 4) is 11.8 Å². The highest BCUT2D eigenvalue weighted by Gasteiger charge is 2.59. The Hall–Kier alpha value is -2.46. The molecule has 10 nitrogen and oxygen atoms in total. The molecule has 138 valence electrons. The van der Waals surface area contributed by atoms with Crippen LogP contribution in [0.3, 0.4) is 0 Å². The quantitative estimate of drug-likeness (QED) is 0.202. The topological polar surface area (TPSA) is 147 Å². The number of aliphatic hydroxyl groups is 2. The van der Waals surface area contributed by atoms with Crippen molar-refractivity contribution in [2.75, 3.05) is 0 Å². The van der Waals surface area contributed by atoms with Crippen LogP contribution in [-0.2, 0) is 4.74 Å². The fraction of sp³-hybridized carbons (Fsp3) is 0.500. The lowest BCUT2D eigenvalue weighted by Crippen LogP contribution is -2.44. The largest absolute Gasteiger partial charge is 0.391 e. The van der Waals surface area contributed by atoms with Gasteiger partial charge >= 0.3 is 0 Å². The van der Waals surface area contributed by atoms with Crippen molar-refractivity contribution in [3.05, 3.63) is 11.0 Å². The zero-order valence-electron chi connectivity index (χ0n) is 13.8. The van der Waals surface area contributed by atoms with Crippen molar-refractivity contribution in [2.45, 2.75) is 44.1 Å². The minimum atomic E-state index is -2.49. The van der Waals surface area contributed by atoms with E-state index in [0.29, 0.717) is 0 Å². The zero-order chi connectivity index (χ0) is 19.1. The third kappa shape index (κ3) is 2.74. The fourth-order valence-corrected chi connectivity index (χ4v) is 3.12. The molecule has 0 aromatic carbocycles. The summed E-state index contributed by atoms with van der Waals surface area (Å²) in [6.07, 6.45) is -4.11. The van der Waals surface area contributed by atoms with Gasteiger partial charge in [-0.3, -0.25) is 4.57 Å². The Morgan fingerprint density at radius 1 is 1.62 bits per heavy atom. The number of hydrogen-bond donors (Lipinski definition) is 4. The zero-order valence-corrected chi connectivity index (χ0v) is 14.6. The van der Waals surface area contributed by atoms with Crippen molar-refractivity contribution in [2.24, 2.45) is 16.2 Å². The smallest absolute Gasteiger partial charge is 0.251 e. The van der Waals surface area contributed by atoms with Crippen LogP contribution in [0.5, 0.6) is 0 Å². The van der Waals surface area contributed by atoms with E-state index in [2.05, 4.69) is 37.1 Å². The number of imidazole rings is 1. The number of halogens is 1. The van der Waals surface area contributed by atoms with Gasteiger partial charge in [0.1, 0.15) is 23.4 Å². The monoisotopic (exact) mass is 381 g/mol. The Labute approximate surface area is 151 Å². The van der Waals surface area contributed by atoms with Gasteiger partial charge in [-0.1, -0.05) is 28.5 Å². The lowest BCUT2D eigenvalue weighted by molar-refractivity contribution is -0.0776. The van der Waals surface area contributed by atoms with Crippen LogP contribution >= 0.6 is 12.2 Å². The Morgan fingerprint density at radius 3 is 2.96 bits per heavy atom. The molecule has 2 aromatic rings. The van der Waals surface area contributed by atoms with Gasteiger partial charge in [-0.05, 0) is 13.8 Å². The van der Waals surface area contributed by atoms with Crippen LogP contribution in [0.15, 0.2) is 16.7 Å². The van der Waals surface area contributed by atoms with Crippen LogP contribution in [0, 0.1) is 16.5 Å². The second-order valence-corrected chi connectivity index (χ2v) is 6.10. The summed E-state index contributed by atoms with van der Waals surface area (Å²) in [5.41, 5.74) is -1.99. The summed E-state index contributed by atoms with van der Waals surface area (Å²) in [5, 5.41) is 26.9. The molecule has 3 rings (SSSR count). The maximum Gasteiger partial charge on any atom is 0.251 e. The Bertz CT molecular complexity index is 978. The number of hydrogen-bond acceptors (Lipinski definition) is 8. The number of H-pyrrole nitrogens is 1. The third-order valence-corrected chi connectivity index (χ3v) is 4.30. The van der Waals surface area contributed by atoms with E-state index in [0.717, 1.165) is 0 Å². The standard InChI is InChI=1S/C14H16FN7O3S/c1-3-4-14(15)9(24)8(6(2)23)25-12(14)22-5-17-7-10(22)18-13(20-21-16)19-11(7)26/h5-6,8-9,12,23-24H,1-2H3,(H3,16,18,19,20,26)/t6-,8-,9+,12-,14-/m1/s1. The summed E-state index contributed by atoms with van der Waals surface area (Å²) < 4.78 is 22.6. The molecule has 2 aromatic heterocycles. The molecule has 1 saturated heterocycles.